The molecule has 0 atom stereocenters. The van der Waals surface area contributed by atoms with E-state index in [0.717, 1.165) is 12.8 Å². The summed E-state index contributed by atoms with van der Waals surface area (Å²) in [6, 6.07) is 0. The van der Waals surface area contributed by atoms with E-state index in [1.165, 1.54) is 0 Å². The molecule has 0 bridgehead atoms. The van der Waals surface area contributed by atoms with Gasteiger partial charge in [-0.2, -0.15) is 43.2 Å². The minimum atomic E-state index is -6.85. The van der Waals surface area contributed by atoms with Crippen LogP contribution < -0.4 is 0 Å². The summed E-state index contributed by atoms with van der Waals surface area (Å²) < 4.78 is 115. The number of ether oxygens (including phenoxy) is 1. The van der Waals surface area contributed by atoms with E-state index >= 15 is 0 Å². The molecule has 0 aliphatic rings. The van der Waals surface area contributed by atoms with Gasteiger partial charge in [-0.1, -0.05) is 13.3 Å². The molecule has 0 heterocycles. The van der Waals surface area contributed by atoms with Crippen molar-refractivity contribution in [1.82, 2.24) is 0 Å². The van der Waals surface area contributed by atoms with Crippen LogP contribution in [0.25, 0.3) is 0 Å². The van der Waals surface area contributed by atoms with Crippen LogP contribution in [0.15, 0.2) is 0 Å². The number of carbonyl (C=O) groups excluding carboxylic acids is 1. The quantitative estimate of drug-likeness (QED) is 0.375. The molecule has 24 heavy (non-hydrogen) atoms. The molecule has 0 saturated heterocycles. The number of rotatable bonds is 6. The van der Waals surface area contributed by atoms with Gasteiger partial charge < -0.3 is 4.74 Å². The Morgan fingerprint density at radius 3 is 1.50 bits per heavy atom. The van der Waals surface area contributed by atoms with E-state index in [4.69, 9.17) is 4.74 Å². The van der Waals surface area contributed by atoms with Crippen molar-refractivity contribution in [1.29, 1.82) is 0 Å². The van der Waals surface area contributed by atoms with Crippen molar-refractivity contribution >= 4 is 26.2 Å². The summed E-state index contributed by atoms with van der Waals surface area (Å²) in [5.41, 5.74) is -12.5. The highest BCUT2D eigenvalue weighted by Crippen LogP contribution is 2.32. The van der Waals surface area contributed by atoms with Crippen LogP contribution in [-0.2, 0) is 33.4 Å². The van der Waals surface area contributed by atoms with E-state index < -0.39 is 31.3 Å². The fraction of sp³-hybridized carbons (Fsp3) is 0.889. The number of carbonyl (C=O) groups is 1. The molecule has 0 radical (unpaired) electrons. The average molecular weight is 412 g/mol. The second kappa shape index (κ2) is 9.41. The van der Waals surface area contributed by atoms with E-state index in [1.807, 2.05) is 10.6 Å². The highest BCUT2D eigenvalue weighted by atomic mass is 32.3. The topological polar surface area (TPSA) is 104 Å². The Bertz CT molecular complexity index is 549. The Balaban J connectivity index is 0. The van der Waals surface area contributed by atoms with Crippen molar-refractivity contribution in [3.63, 3.8) is 0 Å². The van der Waals surface area contributed by atoms with Crippen molar-refractivity contribution in [2.75, 3.05) is 6.61 Å². The first-order valence-corrected chi connectivity index (χ1v) is 8.82. The molecule has 0 rings (SSSR count). The summed E-state index contributed by atoms with van der Waals surface area (Å²) in [5, 5.41) is 0. The van der Waals surface area contributed by atoms with Gasteiger partial charge in [0.2, 0.25) is 0 Å². The molecular formula is C9H14F6O7S2. The number of unbranched alkanes of at least 4 members (excludes halogenated alkanes) is 1. The molecule has 0 N–H and O–H groups in total. The van der Waals surface area contributed by atoms with E-state index in [9.17, 15) is 48.0 Å². The molecule has 0 aromatic carbocycles. The molecule has 0 spiro atoms. The van der Waals surface area contributed by atoms with Gasteiger partial charge in [-0.25, -0.2) is 0 Å². The van der Waals surface area contributed by atoms with Crippen LogP contribution in [0.3, 0.4) is 0 Å². The predicted octanol–water partition coefficient (Wildman–Crippen LogP) is 2.44. The van der Waals surface area contributed by atoms with Crippen LogP contribution in [0.1, 0.15) is 33.1 Å². The Labute approximate surface area is 134 Å². The second-order valence-corrected chi connectivity index (χ2v) is 7.06. The molecule has 146 valence electrons. The van der Waals surface area contributed by atoms with Gasteiger partial charge in [0.05, 0.1) is 6.61 Å². The molecule has 0 aliphatic carbocycles. The molecule has 7 nitrogen and oxygen atoms in total. The maximum atomic E-state index is 11.4. The second-order valence-electron chi connectivity index (χ2n) is 3.78. The van der Waals surface area contributed by atoms with Crippen molar-refractivity contribution < 1.29 is 56.3 Å². The van der Waals surface area contributed by atoms with Crippen molar-refractivity contribution in [3.8, 4) is 0 Å². The van der Waals surface area contributed by atoms with E-state index in [0.29, 0.717) is 13.0 Å². The lowest BCUT2D eigenvalue weighted by Gasteiger charge is -2.09. The first kappa shape index (κ1) is 25.2. The predicted molar refractivity (Wildman–Crippen MR) is 67.2 cm³/mol. The standard InChI is InChI=1S/C7H14O2.C2F6O5S2/c1-3-5-6-7(8)9-4-2;3-1(4,5)14(9,10)13-15(11,12)2(6,7)8/h3-6H2,1-2H3;. The van der Waals surface area contributed by atoms with Gasteiger partial charge in [0.15, 0.2) is 0 Å². The van der Waals surface area contributed by atoms with Crippen LogP contribution in [0.5, 0.6) is 0 Å². The summed E-state index contributed by atoms with van der Waals surface area (Å²) in [6.07, 6.45) is 2.57. The smallest absolute Gasteiger partial charge is 0.466 e. The highest BCUT2D eigenvalue weighted by Gasteiger charge is 2.57. The number of alkyl halides is 6. The lowest BCUT2D eigenvalue weighted by atomic mass is 10.3. The fourth-order valence-electron chi connectivity index (χ4n) is 0.749. The molecule has 0 fully saturated rings. The Hall–Kier alpha value is -1.09. The largest absolute Gasteiger partial charge is 0.524 e. The summed E-state index contributed by atoms with van der Waals surface area (Å²) >= 11 is 0. The van der Waals surface area contributed by atoms with Crippen LogP contribution in [0.2, 0.25) is 0 Å². The fourth-order valence-corrected chi connectivity index (χ4v) is 2.31. The third-order valence-corrected chi connectivity index (χ3v) is 4.35. The maximum Gasteiger partial charge on any atom is 0.524 e. The number of halogens is 6. The Morgan fingerprint density at radius 1 is 0.875 bits per heavy atom. The van der Waals surface area contributed by atoms with E-state index in [-0.39, 0.29) is 5.97 Å². The van der Waals surface area contributed by atoms with Gasteiger partial charge in [-0.15, -0.1) is 3.63 Å². The lowest BCUT2D eigenvalue weighted by molar-refractivity contribution is -0.143. The SMILES string of the molecule is CCCCC(=O)OCC.O=S(=O)(OS(=O)(=O)C(F)(F)F)C(F)(F)F. The van der Waals surface area contributed by atoms with Gasteiger partial charge >= 0.3 is 37.2 Å². The molecule has 0 unspecified atom stereocenters. The van der Waals surface area contributed by atoms with Gasteiger partial charge in [0, 0.05) is 6.42 Å². The van der Waals surface area contributed by atoms with Crippen molar-refractivity contribution in [2.45, 2.75) is 44.1 Å². The van der Waals surface area contributed by atoms with Gasteiger partial charge in [0.1, 0.15) is 0 Å². The minimum absolute atomic E-state index is 0.0700. The lowest BCUT2D eigenvalue weighted by Crippen LogP contribution is -2.34. The minimum Gasteiger partial charge on any atom is -0.466 e. The van der Waals surface area contributed by atoms with Gasteiger partial charge in [-0.3, -0.25) is 4.79 Å². The van der Waals surface area contributed by atoms with Crippen LogP contribution >= 0.6 is 0 Å². The van der Waals surface area contributed by atoms with Gasteiger partial charge in [-0.05, 0) is 13.3 Å². The van der Waals surface area contributed by atoms with E-state index in [1.54, 1.807) is 0 Å². The van der Waals surface area contributed by atoms with E-state index in [2.05, 4.69) is 6.92 Å². The van der Waals surface area contributed by atoms with Crippen LogP contribution in [0, 0.1) is 0 Å². The average Bonchev–Trinajstić information content (AvgIpc) is 2.33. The number of esters is 1. The third-order valence-electron chi connectivity index (χ3n) is 1.79. The first-order chi connectivity index (χ1) is 10.5. The first-order valence-electron chi connectivity index (χ1n) is 6.01. The zero-order chi connectivity index (χ0) is 19.8. The Kier molecular flexibility index (Phi) is 9.86. The van der Waals surface area contributed by atoms with Gasteiger partial charge in [0.25, 0.3) is 0 Å². The summed E-state index contributed by atoms with van der Waals surface area (Å²) in [5.74, 6) is -0.0700. The molecule has 0 aromatic heterocycles. The maximum absolute atomic E-state index is 11.4. The normalized spacial score (nSPS) is 13.0. The number of hydrogen-bond acceptors (Lipinski definition) is 7. The molecule has 0 amide bonds. The number of hydrogen-bond donors (Lipinski definition) is 0. The van der Waals surface area contributed by atoms with Crippen LogP contribution in [0.4, 0.5) is 26.3 Å². The molecular weight excluding hydrogens is 398 g/mol. The summed E-state index contributed by atoms with van der Waals surface area (Å²) in [7, 11) is -13.7. The summed E-state index contributed by atoms with van der Waals surface area (Å²) in [4.78, 5) is 10.6. The zero-order valence-electron chi connectivity index (χ0n) is 12.3. The zero-order valence-corrected chi connectivity index (χ0v) is 13.9. The monoisotopic (exact) mass is 412 g/mol. The van der Waals surface area contributed by atoms with Crippen molar-refractivity contribution in [2.24, 2.45) is 0 Å². The Morgan fingerprint density at radius 2 is 1.25 bits per heavy atom. The van der Waals surface area contributed by atoms with Crippen LogP contribution in [-0.4, -0.2) is 40.4 Å². The molecule has 0 aliphatic heterocycles. The highest BCUT2D eigenvalue weighted by molar-refractivity contribution is 8.00. The molecule has 0 aromatic rings. The molecule has 15 heteroatoms. The molecule has 0 saturated carbocycles. The third kappa shape index (κ3) is 9.27. The van der Waals surface area contributed by atoms with Crippen molar-refractivity contribution in [3.05, 3.63) is 0 Å². The summed E-state index contributed by atoms with van der Waals surface area (Å²) in [6.45, 7) is 4.38.